The average Bonchev–Trinajstić information content (AvgIpc) is 3.14. The molecule has 2 N–H and O–H groups in total. The van der Waals surface area contributed by atoms with Crippen LogP contribution in [0.3, 0.4) is 0 Å². The van der Waals surface area contributed by atoms with E-state index in [1.807, 2.05) is 32.1 Å². The fraction of sp³-hybridized carbons (Fsp3) is 0.591. The summed E-state index contributed by atoms with van der Waals surface area (Å²) in [6.07, 6.45) is 3.70. The van der Waals surface area contributed by atoms with Crippen molar-refractivity contribution < 1.29 is 4.74 Å². The van der Waals surface area contributed by atoms with Crippen molar-refractivity contribution in [3.8, 4) is 11.3 Å². The van der Waals surface area contributed by atoms with Crippen LogP contribution in [0.5, 0.6) is 0 Å². The molecule has 0 unspecified atom stereocenters. The second kappa shape index (κ2) is 9.50. The van der Waals surface area contributed by atoms with Crippen molar-refractivity contribution in [2.45, 2.75) is 52.7 Å². The highest BCUT2D eigenvalue weighted by atomic mass is 16.5. The fourth-order valence-electron chi connectivity index (χ4n) is 3.73. The summed E-state index contributed by atoms with van der Waals surface area (Å²) in [5, 5.41) is 7.01. The zero-order chi connectivity index (χ0) is 21.0. The Balaban J connectivity index is 1.97. The predicted molar refractivity (Wildman–Crippen MR) is 119 cm³/mol. The Bertz CT molecular complexity index is 838. The standard InChI is InChI=1S/C22H34N6O/c1-7-16-21(15-11-24-20(28(5)6)10-14(15)4)25-17(8-2)22(26-16)27-18-12-23-13-19(18)29-9-3/h10-11,18-19,23H,7-9,12-13H2,1-6H3,(H,26,27)/t18-,19+/m1/s1. The maximum absolute atomic E-state index is 5.87. The highest BCUT2D eigenvalue weighted by Gasteiger charge is 2.29. The number of nitrogens with zero attached hydrogens (tertiary/aromatic N) is 4. The summed E-state index contributed by atoms with van der Waals surface area (Å²) in [5.74, 6) is 1.82. The summed E-state index contributed by atoms with van der Waals surface area (Å²) in [6.45, 7) is 10.8. The molecule has 0 aliphatic carbocycles. The summed E-state index contributed by atoms with van der Waals surface area (Å²) in [5.41, 5.74) is 5.13. The lowest BCUT2D eigenvalue weighted by molar-refractivity contribution is 0.0709. The number of rotatable bonds is 8. The van der Waals surface area contributed by atoms with Crippen molar-refractivity contribution in [3.63, 3.8) is 0 Å². The van der Waals surface area contributed by atoms with Gasteiger partial charge < -0.3 is 20.3 Å². The number of hydrogen-bond donors (Lipinski definition) is 2. The lowest BCUT2D eigenvalue weighted by Crippen LogP contribution is -2.35. The van der Waals surface area contributed by atoms with Gasteiger partial charge in [0, 0.05) is 45.6 Å². The van der Waals surface area contributed by atoms with Gasteiger partial charge in [-0.3, -0.25) is 0 Å². The van der Waals surface area contributed by atoms with Crippen molar-refractivity contribution in [2.24, 2.45) is 0 Å². The lowest BCUT2D eigenvalue weighted by atomic mass is 10.0. The van der Waals surface area contributed by atoms with Crippen molar-refractivity contribution >= 4 is 11.6 Å². The van der Waals surface area contributed by atoms with E-state index in [0.717, 1.165) is 65.8 Å². The van der Waals surface area contributed by atoms with Crippen LogP contribution in [0.2, 0.25) is 0 Å². The average molecular weight is 399 g/mol. The largest absolute Gasteiger partial charge is 0.375 e. The van der Waals surface area contributed by atoms with Gasteiger partial charge >= 0.3 is 0 Å². The third-order valence-electron chi connectivity index (χ3n) is 5.38. The van der Waals surface area contributed by atoms with Crippen LogP contribution in [0.4, 0.5) is 11.6 Å². The predicted octanol–water partition coefficient (Wildman–Crippen LogP) is 2.83. The molecule has 1 aliphatic heterocycles. The van der Waals surface area contributed by atoms with Crippen molar-refractivity contribution in [1.29, 1.82) is 0 Å². The molecule has 2 aromatic rings. The van der Waals surface area contributed by atoms with Gasteiger partial charge in [-0.15, -0.1) is 0 Å². The van der Waals surface area contributed by atoms with Gasteiger partial charge in [-0.1, -0.05) is 13.8 Å². The van der Waals surface area contributed by atoms with Crippen LogP contribution >= 0.6 is 0 Å². The molecular weight excluding hydrogens is 364 g/mol. The van der Waals surface area contributed by atoms with Gasteiger partial charge in [0.1, 0.15) is 11.6 Å². The Kier molecular flexibility index (Phi) is 7.03. The molecule has 158 valence electrons. The van der Waals surface area contributed by atoms with Gasteiger partial charge in [-0.2, -0.15) is 0 Å². The fourth-order valence-corrected chi connectivity index (χ4v) is 3.73. The first kappa shape index (κ1) is 21.5. The van der Waals surface area contributed by atoms with Crippen molar-refractivity contribution in [2.75, 3.05) is 44.0 Å². The van der Waals surface area contributed by atoms with Crippen LogP contribution in [0, 0.1) is 6.92 Å². The zero-order valence-corrected chi connectivity index (χ0v) is 18.5. The van der Waals surface area contributed by atoms with E-state index >= 15 is 0 Å². The molecule has 1 saturated heterocycles. The highest BCUT2D eigenvalue weighted by Crippen LogP contribution is 2.29. The monoisotopic (exact) mass is 398 g/mol. The van der Waals surface area contributed by atoms with E-state index in [9.17, 15) is 0 Å². The Morgan fingerprint density at radius 1 is 1.14 bits per heavy atom. The Morgan fingerprint density at radius 3 is 2.52 bits per heavy atom. The molecule has 0 aromatic carbocycles. The topological polar surface area (TPSA) is 75.2 Å². The van der Waals surface area contributed by atoms with E-state index < -0.39 is 0 Å². The summed E-state index contributed by atoms with van der Waals surface area (Å²) < 4.78 is 5.87. The number of hydrogen-bond acceptors (Lipinski definition) is 7. The van der Waals surface area contributed by atoms with Crippen LogP contribution in [-0.4, -0.2) is 60.9 Å². The maximum atomic E-state index is 5.87. The van der Waals surface area contributed by atoms with E-state index in [0.29, 0.717) is 6.61 Å². The SMILES string of the molecule is CCO[C@H]1CNC[C@H]1Nc1nc(CC)c(-c2cnc(N(C)C)cc2C)nc1CC. The molecule has 7 heteroatoms. The summed E-state index contributed by atoms with van der Waals surface area (Å²) in [6, 6.07) is 2.30. The van der Waals surface area contributed by atoms with Crippen LogP contribution in [0.15, 0.2) is 12.3 Å². The molecule has 0 amide bonds. The molecule has 29 heavy (non-hydrogen) atoms. The highest BCUT2D eigenvalue weighted by molar-refractivity contribution is 5.68. The Labute approximate surface area is 174 Å². The number of aromatic nitrogens is 3. The van der Waals surface area contributed by atoms with Crippen LogP contribution in [-0.2, 0) is 17.6 Å². The third kappa shape index (κ3) is 4.67. The quantitative estimate of drug-likeness (QED) is 0.708. The molecule has 2 aromatic heterocycles. The molecule has 1 fully saturated rings. The summed E-state index contributed by atoms with van der Waals surface area (Å²) >= 11 is 0. The molecule has 0 saturated carbocycles. The second-order valence-electron chi connectivity index (χ2n) is 7.68. The second-order valence-corrected chi connectivity index (χ2v) is 7.68. The molecule has 3 rings (SSSR count). The van der Waals surface area contributed by atoms with Crippen LogP contribution in [0.25, 0.3) is 11.3 Å². The summed E-state index contributed by atoms with van der Waals surface area (Å²) in [7, 11) is 4.00. The molecule has 2 atom stereocenters. The van der Waals surface area contributed by atoms with E-state index in [4.69, 9.17) is 14.7 Å². The van der Waals surface area contributed by atoms with E-state index in [-0.39, 0.29) is 12.1 Å². The molecule has 0 bridgehead atoms. The Hall–Kier alpha value is -2.25. The molecule has 1 aliphatic rings. The lowest BCUT2D eigenvalue weighted by Gasteiger charge is -2.23. The van der Waals surface area contributed by atoms with Crippen LogP contribution in [0.1, 0.15) is 37.7 Å². The van der Waals surface area contributed by atoms with E-state index in [1.165, 1.54) is 0 Å². The number of ether oxygens (including phenoxy) is 1. The minimum Gasteiger partial charge on any atom is -0.375 e. The minimum absolute atomic E-state index is 0.154. The van der Waals surface area contributed by atoms with Gasteiger partial charge in [-0.05, 0) is 38.3 Å². The first-order valence-corrected chi connectivity index (χ1v) is 10.6. The third-order valence-corrected chi connectivity index (χ3v) is 5.38. The maximum Gasteiger partial charge on any atom is 0.148 e. The number of nitrogens with one attached hydrogen (secondary N) is 2. The molecule has 3 heterocycles. The normalized spacial score (nSPS) is 18.8. The van der Waals surface area contributed by atoms with Gasteiger partial charge in [0.05, 0.1) is 29.2 Å². The Morgan fingerprint density at radius 2 is 1.90 bits per heavy atom. The number of pyridine rings is 1. The van der Waals surface area contributed by atoms with Crippen LogP contribution < -0.4 is 15.5 Å². The molecule has 7 nitrogen and oxygen atoms in total. The van der Waals surface area contributed by atoms with E-state index in [1.54, 1.807) is 0 Å². The van der Waals surface area contributed by atoms with E-state index in [2.05, 4.69) is 42.5 Å². The molecule has 0 spiro atoms. The molecule has 0 radical (unpaired) electrons. The first-order chi connectivity index (χ1) is 14.0. The van der Waals surface area contributed by atoms with Gasteiger partial charge in [0.2, 0.25) is 0 Å². The van der Waals surface area contributed by atoms with Crippen molar-refractivity contribution in [1.82, 2.24) is 20.3 Å². The smallest absolute Gasteiger partial charge is 0.148 e. The van der Waals surface area contributed by atoms with Gasteiger partial charge in [-0.25, -0.2) is 15.0 Å². The molecular formula is C22H34N6O. The first-order valence-electron chi connectivity index (χ1n) is 10.6. The van der Waals surface area contributed by atoms with Gasteiger partial charge in [0.15, 0.2) is 0 Å². The number of aryl methyl sites for hydroxylation is 3. The minimum atomic E-state index is 0.154. The zero-order valence-electron chi connectivity index (χ0n) is 18.5. The number of anilines is 2. The van der Waals surface area contributed by atoms with Gasteiger partial charge in [0.25, 0.3) is 0 Å². The summed E-state index contributed by atoms with van der Waals surface area (Å²) in [4.78, 5) is 16.7. The van der Waals surface area contributed by atoms with Crippen molar-refractivity contribution in [3.05, 3.63) is 29.2 Å².